The Bertz CT molecular complexity index is 317. The monoisotopic (exact) mass is 206 g/mol. The Morgan fingerprint density at radius 2 is 1.87 bits per heavy atom. The predicted octanol–water partition coefficient (Wildman–Crippen LogP) is 1.89. The van der Waals surface area contributed by atoms with Gasteiger partial charge in [0.05, 0.1) is 0 Å². The van der Waals surface area contributed by atoms with E-state index in [1.165, 1.54) is 5.56 Å². The van der Waals surface area contributed by atoms with Crippen LogP contribution < -0.4 is 10.9 Å². The molecule has 0 aliphatic rings. The van der Waals surface area contributed by atoms with Crippen molar-refractivity contribution in [2.45, 2.75) is 33.2 Å². The fourth-order valence-corrected chi connectivity index (χ4v) is 1.17. The summed E-state index contributed by atoms with van der Waals surface area (Å²) in [6, 6.07) is 7.88. The fraction of sp³-hybridized carbons (Fsp3) is 0.417. The van der Waals surface area contributed by atoms with Crippen LogP contribution in [0.4, 0.5) is 0 Å². The van der Waals surface area contributed by atoms with Crippen LogP contribution in [0.1, 0.15) is 36.7 Å². The molecule has 1 rings (SSSR count). The molecular formula is C12H18N2O. The second-order valence-corrected chi connectivity index (χ2v) is 3.80. The average Bonchev–Trinajstić information content (AvgIpc) is 2.26. The van der Waals surface area contributed by atoms with Gasteiger partial charge in [-0.2, -0.15) is 0 Å². The molecule has 1 amide bonds. The van der Waals surface area contributed by atoms with E-state index in [4.69, 9.17) is 0 Å². The number of nitrogens with one attached hydrogen (secondary N) is 2. The molecule has 0 fully saturated rings. The molecule has 15 heavy (non-hydrogen) atoms. The first-order chi connectivity index (χ1) is 7.13. The standard InChI is InChI=1S/C12H18N2O/c1-4-10-5-7-11(8-6-10)12(15)14-13-9(2)3/h5-9,13H,4H2,1-3H3,(H,14,15). The minimum atomic E-state index is -0.0913. The van der Waals surface area contributed by atoms with Crippen molar-refractivity contribution in [1.82, 2.24) is 10.9 Å². The number of carbonyl (C=O) groups is 1. The molecule has 0 aliphatic carbocycles. The summed E-state index contributed by atoms with van der Waals surface area (Å²) < 4.78 is 0. The predicted molar refractivity (Wildman–Crippen MR) is 61.6 cm³/mol. The topological polar surface area (TPSA) is 41.1 Å². The number of hydrazine groups is 1. The molecule has 0 saturated heterocycles. The van der Waals surface area contributed by atoms with Crippen molar-refractivity contribution in [2.24, 2.45) is 0 Å². The number of hydrogen-bond donors (Lipinski definition) is 2. The second kappa shape index (κ2) is 5.51. The quantitative estimate of drug-likeness (QED) is 0.739. The minimum absolute atomic E-state index is 0.0913. The maximum atomic E-state index is 11.6. The van der Waals surface area contributed by atoms with Crippen molar-refractivity contribution < 1.29 is 4.79 Å². The zero-order valence-electron chi connectivity index (χ0n) is 9.50. The van der Waals surface area contributed by atoms with Crippen LogP contribution in [0.3, 0.4) is 0 Å². The lowest BCUT2D eigenvalue weighted by molar-refractivity contribution is 0.0927. The highest BCUT2D eigenvalue weighted by Gasteiger charge is 2.04. The summed E-state index contributed by atoms with van der Waals surface area (Å²) in [4.78, 5) is 11.6. The van der Waals surface area contributed by atoms with E-state index in [0.717, 1.165) is 6.42 Å². The third-order valence-corrected chi connectivity index (χ3v) is 2.10. The van der Waals surface area contributed by atoms with E-state index >= 15 is 0 Å². The number of benzene rings is 1. The molecule has 0 spiro atoms. The highest BCUT2D eigenvalue weighted by atomic mass is 16.2. The molecule has 0 saturated carbocycles. The van der Waals surface area contributed by atoms with E-state index in [2.05, 4.69) is 17.8 Å². The van der Waals surface area contributed by atoms with Crippen LogP contribution in [0.5, 0.6) is 0 Å². The number of carbonyl (C=O) groups excluding carboxylic acids is 1. The van der Waals surface area contributed by atoms with Crippen LogP contribution in [-0.4, -0.2) is 11.9 Å². The normalized spacial score (nSPS) is 10.4. The molecule has 0 bridgehead atoms. The molecule has 0 heterocycles. The summed E-state index contributed by atoms with van der Waals surface area (Å²) in [6.07, 6.45) is 0.992. The van der Waals surface area contributed by atoms with Crippen molar-refractivity contribution in [3.63, 3.8) is 0 Å². The summed E-state index contributed by atoms with van der Waals surface area (Å²) in [5.41, 5.74) is 7.44. The number of amides is 1. The summed E-state index contributed by atoms with van der Waals surface area (Å²) in [7, 11) is 0. The van der Waals surface area contributed by atoms with Crippen molar-refractivity contribution >= 4 is 5.91 Å². The van der Waals surface area contributed by atoms with Gasteiger partial charge < -0.3 is 0 Å². The Kier molecular flexibility index (Phi) is 4.31. The molecule has 3 nitrogen and oxygen atoms in total. The van der Waals surface area contributed by atoms with Crippen molar-refractivity contribution in [3.05, 3.63) is 35.4 Å². The van der Waals surface area contributed by atoms with Crippen LogP contribution in [0.2, 0.25) is 0 Å². The van der Waals surface area contributed by atoms with Crippen LogP contribution in [-0.2, 0) is 6.42 Å². The Labute approximate surface area is 90.9 Å². The van der Waals surface area contributed by atoms with Gasteiger partial charge in [0.25, 0.3) is 5.91 Å². The summed E-state index contributed by atoms with van der Waals surface area (Å²) in [5, 5.41) is 0. The van der Waals surface area contributed by atoms with E-state index in [1.807, 2.05) is 38.1 Å². The molecule has 0 aromatic heterocycles. The van der Waals surface area contributed by atoms with E-state index in [0.29, 0.717) is 5.56 Å². The first-order valence-electron chi connectivity index (χ1n) is 5.28. The largest absolute Gasteiger partial charge is 0.287 e. The number of aryl methyl sites for hydroxylation is 1. The van der Waals surface area contributed by atoms with Gasteiger partial charge in [0.2, 0.25) is 0 Å². The second-order valence-electron chi connectivity index (χ2n) is 3.80. The fourth-order valence-electron chi connectivity index (χ4n) is 1.17. The number of hydrogen-bond acceptors (Lipinski definition) is 2. The minimum Gasteiger partial charge on any atom is -0.287 e. The zero-order chi connectivity index (χ0) is 11.3. The molecule has 0 aliphatic heterocycles. The summed E-state index contributed by atoms with van der Waals surface area (Å²) in [6.45, 7) is 6.04. The zero-order valence-corrected chi connectivity index (χ0v) is 9.50. The average molecular weight is 206 g/mol. The summed E-state index contributed by atoms with van der Waals surface area (Å²) >= 11 is 0. The van der Waals surface area contributed by atoms with E-state index in [-0.39, 0.29) is 11.9 Å². The van der Waals surface area contributed by atoms with Gasteiger partial charge in [0.15, 0.2) is 0 Å². The molecule has 3 heteroatoms. The SMILES string of the molecule is CCc1ccc(C(=O)NNC(C)C)cc1. The molecule has 2 N–H and O–H groups in total. The van der Waals surface area contributed by atoms with E-state index in [9.17, 15) is 4.79 Å². The molecule has 1 aromatic carbocycles. The van der Waals surface area contributed by atoms with E-state index in [1.54, 1.807) is 0 Å². The molecule has 82 valence electrons. The maximum absolute atomic E-state index is 11.6. The molecule has 0 unspecified atom stereocenters. The molecule has 1 aromatic rings. The van der Waals surface area contributed by atoms with E-state index < -0.39 is 0 Å². The lowest BCUT2D eigenvalue weighted by Gasteiger charge is -2.09. The van der Waals surface area contributed by atoms with Gasteiger partial charge in [-0.3, -0.25) is 10.2 Å². The Morgan fingerprint density at radius 3 is 2.33 bits per heavy atom. The highest BCUT2D eigenvalue weighted by Crippen LogP contribution is 2.04. The van der Waals surface area contributed by atoms with Crippen molar-refractivity contribution in [2.75, 3.05) is 0 Å². The number of rotatable bonds is 4. The van der Waals surface area contributed by atoms with Crippen LogP contribution >= 0.6 is 0 Å². The van der Waals surface area contributed by atoms with Gasteiger partial charge in [-0.05, 0) is 38.0 Å². The van der Waals surface area contributed by atoms with Gasteiger partial charge in [-0.15, -0.1) is 0 Å². The maximum Gasteiger partial charge on any atom is 0.265 e. The third kappa shape index (κ3) is 3.72. The van der Waals surface area contributed by atoms with Gasteiger partial charge in [0.1, 0.15) is 0 Å². The van der Waals surface area contributed by atoms with Gasteiger partial charge >= 0.3 is 0 Å². The first kappa shape index (κ1) is 11.7. The Hall–Kier alpha value is -1.35. The molecular weight excluding hydrogens is 188 g/mol. The van der Waals surface area contributed by atoms with Crippen LogP contribution in [0.15, 0.2) is 24.3 Å². The highest BCUT2D eigenvalue weighted by molar-refractivity contribution is 5.93. The van der Waals surface area contributed by atoms with Crippen LogP contribution in [0, 0.1) is 0 Å². The van der Waals surface area contributed by atoms with Gasteiger partial charge in [-0.25, -0.2) is 5.43 Å². The summed E-state index contributed by atoms with van der Waals surface area (Å²) in [5.74, 6) is -0.0913. The van der Waals surface area contributed by atoms with Gasteiger partial charge in [-0.1, -0.05) is 19.1 Å². The smallest absolute Gasteiger partial charge is 0.265 e. The molecule has 0 radical (unpaired) electrons. The molecule has 0 atom stereocenters. The van der Waals surface area contributed by atoms with Crippen molar-refractivity contribution in [1.29, 1.82) is 0 Å². The third-order valence-electron chi connectivity index (χ3n) is 2.10. The Balaban J connectivity index is 2.58. The lowest BCUT2D eigenvalue weighted by Crippen LogP contribution is -2.41. The van der Waals surface area contributed by atoms with Crippen molar-refractivity contribution in [3.8, 4) is 0 Å². The van der Waals surface area contributed by atoms with Crippen LogP contribution in [0.25, 0.3) is 0 Å². The first-order valence-corrected chi connectivity index (χ1v) is 5.28. The Morgan fingerprint density at radius 1 is 1.27 bits per heavy atom. The van der Waals surface area contributed by atoms with Gasteiger partial charge in [0, 0.05) is 11.6 Å². The lowest BCUT2D eigenvalue weighted by atomic mass is 10.1.